The molecule has 0 saturated heterocycles. The first kappa shape index (κ1) is 10.4. The molecule has 0 bridgehead atoms. The van der Waals surface area contributed by atoms with Crippen LogP contribution in [0.2, 0.25) is 0 Å². The maximum Gasteiger partial charge on any atom is 0.123 e. The van der Waals surface area contributed by atoms with Gasteiger partial charge in [0.15, 0.2) is 0 Å². The van der Waals surface area contributed by atoms with Gasteiger partial charge in [0, 0.05) is 11.8 Å². The van der Waals surface area contributed by atoms with E-state index in [1.165, 1.54) is 0 Å². The van der Waals surface area contributed by atoms with Crippen LogP contribution in [0.5, 0.6) is 0 Å². The Hall–Kier alpha value is -2.10. The molecule has 3 N–H and O–H groups in total. The predicted molar refractivity (Wildman–Crippen MR) is 63.5 cm³/mol. The van der Waals surface area contributed by atoms with Crippen LogP contribution in [0.3, 0.4) is 0 Å². The van der Waals surface area contributed by atoms with Crippen LogP contribution in [-0.4, -0.2) is 15.6 Å². The zero-order valence-corrected chi connectivity index (χ0v) is 9.14. The lowest BCUT2D eigenvalue weighted by molar-refractivity contribution is 0.678. The van der Waals surface area contributed by atoms with Crippen molar-refractivity contribution in [3.8, 4) is 0 Å². The number of rotatable bonds is 3. The number of nitrogens with two attached hydrogens (primary N) is 1. The van der Waals surface area contributed by atoms with Gasteiger partial charge in [0.05, 0.1) is 12.2 Å². The van der Waals surface area contributed by atoms with Gasteiger partial charge >= 0.3 is 0 Å². The minimum atomic E-state index is 0.0967. The second-order valence-electron chi connectivity index (χ2n) is 3.73. The van der Waals surface area contributed by atoms with Crippen molar-refractivity contribution in [2.45, 2.75) is 13.5 Å². The van der Waals surface area contributed by atoms with Crippen molar-refractivity contribution in [2.75, 3.05) is 0 Å². The molecule has 2 rings (SSSR count). The molecule has 16 heavy (non-hydrogen) atoms. The number of amidine groups is 1. The van der Waals surface area contributed by atoms with Gasteiger partial charge in [0.25, 0.3) is 0 Å². The fraction of sp³-hybridized carbons (Fsp3) is 0.167. The first-order chi connectivity index (χ1) is 7.66. The summed E-state index contributed by atoms with van der Waals surface area (Å²) in [5, 5.41) is 11.8. The third-order valence-corrected chi connectivity index (χ3v) is 2.41. The van der Waals surface area contributed by atoms with E-state index in [0.717, 1.165) is 16.8 Å². The van der Waals surface area contributed by atoms with E-state index in [4.69, 9.17) is 11.1 Å². The molecule has 0 saturated carbocycles. The Morgan fingerprint density at radius 3 is 2.75 bits per heavy atom. The highest BCUT2D eigenvalue weighted by molar-refractivity contribution is 5.96. The maximum atomic E-state index is 7.50. The number of nitrogens with zero attached hydrogens (tertiary/aromatic N) is 2. The monoisotopic (exact) mass is 214 g/mol. The van der Waals surface area contributed by atoms with Gasteiger partial charge in [-0.15, -0.1) is 0 Å². The first-order valence-electron chi connectivity index (χ1n) is 5.09. The molecule has 0 radical (unpaired) electrons. The van der Waals surface area contributed by atoms with Crippen LogP contribution in [0.15, 0.2) is 36.5 Å². The summed E-state index contributed by atoms with van der Waals surface area (Å²) < 4.78 is 1.84. The Balaban J connectivity index is 2.31. The lowest BCUT2D eigenvalue weighted by Gasteiger charge is -2.07. The van der Waals surface area contributed by atoms with Crippen LogP contribution >= 0.6 is 0 Å². The third-order valence-electron chi connectivity index (χ3n) is 2.41. The molecule has 0 unspecified atom stereocenters. The molecule has 4 heteroatoms. The molecule has 0 aliphatic heterocycles. The fourth-order valence-electron chi connectivity index (χ4n) is 1.65. The Bertz CT molecular complexity index is 513. The van der Waals surface area contributed by atoms with E-state index in [-0.39, 0.29) is 5.84 Å². The average molecular weight is 214 g/mol. The third kappa shape index (κ3) is 2.11. The van der Waals surface area contributed by atoms with Gasteiger partial charge in [-0.05, 0) is 18.6 Å². The maximum absolute atomic E-state index is 7.50. The summed E-state index contributed by atoms with van der Waals surface area (Å²) in [7, 11) is 0. The summed E-state index contributed by atoms with van der Waals surface area (Å²) in [6.45, 7) is 2.59. The van der Waals surface area contributed by atoms with Crippen LogP contribution in [0.4, 0.5) is 0 Å². The fourth-order valence-corrected chi connectivity index (χ4v) is 1.65. The summed E-state index contributed by atoms with van der Waals surface area (Å²) in [5.74, 6) is 0.0967. The molecule has 1 aromatic heterocycles. The lowest BCUT2D eigenvalue weighted by Crippen LogP contribution is -2.15. The standard InChI is InChI=1S/C12H14N4/c1-9-6-7-16(15-9)8-10-4-2-3-5-11(10)12(13)14/h2-7H,8H2,1H3,(H3,13,14). The Kier molecular flexibility index (Phi) is 2.72. The summed E-state index contributed by atoms with van der Waals surface area (Å²) >= 11 is 0. The molecule has 0 spiro atoms. The zero-order valence-electron chi connectivity index (χ0n) is 9.14. The van der Waals surface area contributed by atoms with Gasteiger partial charge in [0.2, 0.25) is 0 Å². The largest absolute Gasteiger partial charge is 0.384 e. The van der Waals surface area contributed by atoms with Crippen molar-refractivity contribution in [3.05, 3.63) is 53.3 Å². The zero-order chi connectivity index (χ0) is 11.5. The van der Waals surface area contributed by atoms with Crippen LogP contribution in [0.1, 0.15) is 16.8 Å². The highest BCUT2D eigenvalue weighted by Gasteiger charge is 2.05. The highest BCUT2D eigenvalue weighted by Crippen LogP contribution is 2.09. The van der Waals surface area contributed by atoms with Crippen LogP contribution < -0.4 is 5.73 Å². The summed E-state index contributed by atoms with van der Waals surface area (Å²) in [4.78, 5) is 0. The van der Waals surface area contributed by atoms with Gasteiger partial charge < -0.3 is 5.73 Å². The van der Waals surface area contributed by atoms with Gasteiger partial charge in [-0.25, -0.2) is 0 Å². The molecular formula is C12H14N4. The smallest absolute Gasteiger partial charge is 0.123 e. The summed E-state index contributed by atoms with van der Waals surface area (Å²) in [6, 6.07) is 9.60. The first-order valence-corrected chi connectivity index (χ1v) is 5.09. The molecule has 82 valence electrons. The number of benzene rings is 1. The molecule has 4 nitrogen and oxygen atoms in total. The second-order valence-corrected chi connectivity index (χ2v) is 3.73. The van der Waals surface area contributed by atoms with Crippen molar-refractivity contribution in [2.24, 2.45) is 5.73 Å². The van der Waals surface area contributed by atoms with E-state index >= 15 is 0 Å². The SMILES string of the molecule is Cc1ccn(Cc2ccccc2C(=N)N)n1. The highest BCUT2D eigenvalue weighted by atomic mass is 15.3. The normalized spacial score (nSPS) is 10.3. The molecule has 2 aromatic rings. The molecule has 0 aliphatic carbocycles. The van der Waals surface area contributed by atoms with Crippen molar-refractivity contribution in [1.82, 2.24) is 9.78 Å². The quantitative estimate of drug-likeness (QED) is 0.601. The molecule has 1 aromatic carbocycles. The second kappa shape index (κ2) is 4.18. The Morgan fingerprint density at radius 2 is 2.12 bits per heavy atom. The number of aryl methyl sites for hydroxylation is 1. The van der Waals surface area contributed by atoms with E-state index in [2.05, 4.69) is 5.10 Å². The Labute approximate surface area is 94.2 Å². The Morgan fingerprint density at radius 1 is 1.38 bits per heavy atom. The van der Waals surface area contributed by atoms with Crippen molar-refractivity contribution < 1.29 is 0 Å². The molecular weight excluding hydrogens is 200 g/mol. The molecule has 0 atom stereocenters. The predicted octanol–water partition coefficient (Wildman–Crippen LogP) is 1.52. The number of nitrogen functional groups attached to an aromatic ring is 1. The topological polar surface area (TPSA) is 67.7 Å². The van der Waals surface area contributed by atoms with Crippen LogP contribution in [-0.2, 0) is 6.54 Å². The average Bonchev–Trinajstić information content (AvgIpc) is 2.64. The van der Waals surface area contributed by atoms with Crippen LogP contribution in [0.25, 0.3) is 0 Å². The minimum absolute atomic E-state index is 0.0967. The van der Waals surface area contributed by atoms with Crippen LogP contribution in [0, 0.1) is 12.3 Å². The van der Waals surface area contributed by atoms with E-state index < -0.39 is 0 Å². The van der Waals surface area contributed by atoms with Gasteiger partial charge in [-0.1, -0.05) is 24.3 Å². The van der Waals surface area contributed by atoms with E-state index in [0.29, 0.717) is 6.54 Å². The lowest BCUT2D eigenvalue weighted by atomic mass is 10.1. The van der Waals surface area contributed by atoms with Crippen molar-refractivity contribution in [3.63, 3.8) is 0 Å². The van der Waals surface area contributed by atoms with E-state index in [1.807, 2.05) is 48.1 Å². The number of nitrogens with one attached hydrogen (secondary N) is 1. The van der Waals surface area contributed by atoms with Gasteiger partial charge in [-0.2, -0.15) is 5.10 Å². The number of aromatic nitrogens is 2. The number of hydrogen-bond donors (Lipinski definition) is 2. The van der Waals surface area contributed by atoms with E-state index in [9.17, 15) is 0 Å². The molecule has 0 aliphatic rings. The van der Waals surface area contributed by atoms with Gasteiger partial charge in [0.1, 0.15) is 5.84 Å². The molecule has 0 fully saturated rings. The molecule has 1 heterocycles. The summed E-state index contributed by atoms with van der Waals surface area (Å²) in [6.07, 6.45) is 1.92. The summed E-state index contributed by atoms with van der Waals surface area (Å²) in [5.41, 5.74) is 8.30. The van der Waals surface area contributed by atoms with E-state index in [1.54, 1.807) is 0 Å². The number of hydrogen-bond acceptors (Lipinski definition) is 2. The minimum Gasteiger partial charge on any atom is -0.384 e. The van der Waals surface area contributed by atoms with Crippen molar-refractivity contribution in [1.29, 1.82) is 5.41 Å². The van der Waals surface area contributed by atoms with Gasteiger partial charge in [-0.3, -0.25) is 10.1 Å². The van der Waals surface area contributed by atoms with Crippen molar-refractivity contribution >= 4 is 5.84 Å². The molecule has 0 amide bonds.